The normalized spacial score (nSPS) is 10.7. The van der Waals surface area contributed by atoms with E-state index >= 15 is 0 Å². The first-order chi connectivity index (χ1) is 11.1. The number of rotatable bonds is 3. The molecule has 0 bridgehead atoms. The number of hydrogen-bond donors (Lipinski definition) is 2. The topological polar surface area (TPSA) is 74.8 Å². The Morgan fingerprint density at radius 1 is 1.22 bits per heavy atom. The van der Waals surface area contributed by atoms with Crippen molar-refractivity contribution in [3.8, 4) is 0 Å². The van der Waals surface area contributed by atoms with Gasteiger partial charge in [0.05, 0.1) is 10.9 Å². The maximum atomic E-state index is 13.8. The molecule has 2 aromatic heterocycles. The van der Waals surface area contributed by atoms with Gasteiger partial charge in [0, 0.05) is 31.2 Å². The van der Waals surface area contributed by atoms with Crippen molar-refractivity contribution >= 4 is 16.8 Å². The average molecular weight is 315 g/mol. The summed E-state index contributed by atoms with van der Waals surface area (Å²) in [4.78, 5) is 30.8. The fourth-order valence-electron chi connectivity index (χ4n) is 2.22. The molecule has 0 fully saturated rings. The molecule has 3 rings (SSSR count). The summed E-state index contributed by atoms with van der Waals surface area (Å²) in [7, 11) is 0. The first kappa shape index (κ1) is 14.8. The van der Waals surface area contributed by atoms with E-state index in [1.165, 1.54) is 0 Å². The van der Waals surface area contributed by atoms with Crippen molar-refractivity contribution in [3.05, 3.63) is 75.8 Å². The number of halogens is 2. The molecule has 7 heteroatoms. The Hall–Kier alpha value is -3.09. The number of aromatic nitrogens is 2. The second-order valence-electron chi connectivity index (χ2n) is 4.88. The van der Waals surface area contributed by atoms with E-state index in [-0.39, 0.29) is 23.0 Å². The number of carbonyl (C=O) groups excluding carboxylic acids is 1. The maximum absolute atomic E-state index is 13.8. The molecule has 1 aromatic carbocycles. The van der Waals surface area contributed by atoms with E-state index in [0.29, 0.717) is 6.07 Å². The van der Waals surface area contributed by atoms with Gasteiger partial charge in [0.25, 0.3) is 5.91 Å². The predicted molar refractivity (Wildman–Crippen MR) is 79.9 cm³/mol. The molecule has 116 valence electrons. The van der Waals surface area contributed by atoms with Crippen LogP contribution in [-0.2, 0) is 6.54 Å². The molecule has 1 amide bonds. The van der Waals surface area contributed by atoms with Crippen molar-refractivity contribution in [1.29, 1.82) is 0 Å². The van der Waals surface area contributed by atoms with E-state index in [9.17, 15) is 18.4 Å². The summed E-state index contributed by atoms with van der Waals surface area (Å²) in [6, 6.07) is 5.04. The van der Waals surface area contributed by atoms with Gasteiger partial charge in [0.1, 0.15) is 17.2 Å². The number of carbonyl (C=O) groups is 1. The third-order valence-corrected chi connectivity index (χ3v) is 3.35. The molecule has 0 unspecified atom stereocenters. The van der Waals surface area contributed by atoms with Crippen LogP contribution in [0.4, 0.5) is 8.78 Å². The second kappa shape index (κ2) is 5.96. The van der Waals surface area contributed by atoms with Gasteiger partial charge in [-0.15, -0.1) is 0 Å². The third-order valence-electron chi connectivity index (χ3n) is 3.35. The van der Waals surface area contributed by atoms with E-state index < -0.39 is 23.0 Å². The van der Waals surface area contributed by atoms with Crippen LogP contribution >= 0.6 is 0 Å². The molecule has 0 aliphatic carbocycles. The standard InChI is InChI=1S/C16H11F2N3O2/c17-10-5-12(18)14-13(6-10)20-8-11(15(14)22)16(23)21-7-9-1-3-19-4-2-9/h1-6,8H,7H2,(H,20,22)(H,21,23). The molecular formula is C16H11F2N3O2. The van der Waals surface area contributed by atoms with Gasteiger partial charge in [-0.2, -0.15) is 0 Å². The van der Waals surface area contributed by atoms with E-state index in [2.05, 4.69) is 15.3 Å². The molecule has 0 radical (unpaired) electrons. The zero-order valence-electron chi connectivity index (χ0n) is 11.8. The van der Waals surface area contributed by atoms with Crippen LogP contribution in [0.3, 0.4) is 0 Å². The molecule has 3 aromatic rings. The molecule has 0 spiro atoms. The summed E-state index contributed by atoms with van der Waals surface area (Å²) >= 11 is 0. The van der Waals surface area contributed by atoms with Gasteiger partial charge >= 0.3 is 0 Å². The minimum absolute atomic E-state index is 0.00168. The lowest BCUT2D eigenvalue weighted by molar-refractivity contribution is 0.0949. The third kappa shape index (κ3) is 2.94. The molecule has 0 saturated carbocycles. The molecule has 23 heavy (non-hydrogen) atoms. The number of nitrogens with one attached hydrogen (secondary N) is 2. The van der Waals surface area contributed by atoms with E-state index in [1.54, 1.807) is 24.5 Å². The number of nitrogens with zero attached hydrogens (tertiary/aromatic N) is 1. The van der Waals surface area contributed by atoms with Crippen LogP contribution in [0.15, 0.2) is 47.7 Å². The van der Waals surface area contributed by atoms with Gasteiger partial charge in [-0.3, -0.25) is 14.6 Å². The van der Waals surface area contributed by atoms with Crippen molar-refractivity contribution in [2.45, 2.75) is 6.54 Å². The fraction of sp³-hybridized carbons (Fsp3) is 0.0625. The largest absolute Gasteiger partial charge is 0.360 e. The highest BCUT2D eigenvalue weighted by atomic mass is 19.1. The summed E-state index contributed by atoms with van der Waals surface area (Å²) < 4.78 is 27.0. The Kier molecular flexibility index (Phi) is 3.84. The van der Waals surface area contributed by atoms with Crippen molar-refractivity contribution in [2.24, 2.45) is 0 Å². The van der Waals surface area contributed by atoms with E-state index in [1.807, 2.05) is 0 Å². The first-order valence-corrected chi connectivity index (χ1v) is 6.74. The molecule has 2 heterocycles. The van der Waals surface area contributed by atoms with Crippen LogP contribution in [0, 0.1) is 11.6 Å². The predicted octanol–water partition coefficient (Wildman–Crippen LogP) is 2.13. The van der Waals surface area contributed by atoms with Crippen molar-refractivity contribution in [2.75, 3.05) is 0 Å². The van der Waals surface area contributed by atoms with Gasteiger partial charge in [-0.25, -0.2) is 8.78 Å². The van der Waals surface area contributed by atoms with Crippen LogP contribution < -0.4 is 10.7 Å². The minimum Gasteiger partial charge on any atom is -0.360 e. The molecule has 0 atom stereocenters. The van der Waals surface area contributed by atoms with Crippen LogP contribution in [0.1, 0.15) is 15.9 Å². The number of H-pyrrole nitrogens is 1. The molecule has 0 aliphatic rings. The van der Waals surface area contributed by atoms with Gasteiger partial charge in [-0.1, -0.05) is 0 Å². The number of pyridine rings is 2. The highest BCUT2D eigenvalue weighted by molar-refractivity contribution is 5.97. The van der Waals surface area contributed by atoms with Gasteiger partial charge < -0.3 is 10.3 Å². The van der Waals surface area contributed by atoms with Crippen molar-refractivity contribution in [1.82, 2.24) is 15.3 Å². The number of benzene rings is 1. The lowest BCUT2D eigenvalue weighted by atomic mass is 10.1. The zero-order valence-corrected chi connectivity index (χ0v) is 11.8. The summed E-state index contributed by atoms with van der Waals surface area (Å²) in [6.45, 7) is 0.199. The number of aromatic amines is 1. The Morgan fingerprint density at radius 2 is 1.96 bits per heavy atom. The summed E-state index contributed by atoms with van der Waals surface area (Å²) in [6.07, 6.45) is 4.30. The highest BCUT2D eigenvalue weighted by Crippen LogP contribution is 2.15. The monoisotopic (exact) mass is 315 g/mol. The Balaban J connectivity index is 1.92. The number of hydrogen-bond acceptors (Lipinski definition) is 3. The summed E-state index contributed by atoms with van der Waals surface area (Å²) in [5.41, 5.74) is -0.224. The minimum atomic E-state index is -1.01. The second-order valence-corrected chi connectivity index (χ2v) is 4.88. The molecule has 2 N–H and O–H groups in total. The smallest absolute Gasteiger partial charge is 0.257 e. The number of amides is 1. The average Bonchev–Trinajstić information content (AvgIpc) is 2.53. The molecular weight excluding hydrogens is 304 g/mol. The zero-order chi connectivity index (χ0) is 16.4. The SMILES string of the molecule is O=C(NCc1ccncc1)c1c[nH]c2cc(F)cc(F)c2c1=O. The van der Waals surface area contributed by atoms with Crippen LogP contribution in [0.5, 0.6) is 0 Å². The van der Waals surface area contributed by atoms with E-state index in [0.717, 1.165) is 17.8 Å². The Labute approximate surface area is 129 Å². The van der Waals surface area contributed by atoms with Crippen LogP contribution in [-0.4, -0.2) is 15.9 Å². The lowest BCUT2D eigenvalue weighted by Crippen LogP contribution is -2.28. The molecule has 0 aliphatic heterocycles. The summed E-state index contributed by atoms with van der Waals surface area (Å²) in [5.74, 6) is -2.46. The van der Waals surface area contributed by atoms with Crippen molar-refractivity contribution < 1.29 is 13.6 Å². The van der Waals surface area contributed by atoms with Crippen LogP contribution in [0.25, 0.3) is 10.9 Å². The number of fused-ring (bicyclic) bond motifs is 1. The molecule has 0 saturated heterocycles. The quantitative estimate of drug-likeness (QED) is 0.777. The Bertz CT molecular complexity index is 939. The fourth-order valence-corrected chi connectivity index (χ4v) is 2.22. The van der Waals surface area contributed by atoms with Gasteiger partial charge in [-0.05, 0) is 23.8 Å². The van der Waals surface area contributed by atoms with Gasteiger partial charge in [0.15, 0.2) is 0 Å². The van der Waals surface area contributed by atoms with Gasteiger partial charge in [0.2, 0.25) is 5.43 Å². The Morgan fingerprint density at radius 3 is 2.70 bits per heavy atom. The molecule has 5 nitrogen and oxygen atoms in total. The lowest BCUT2D eigenvalue weighted by Gasteiger charge is -2.06. The van der Waals surface area contributed by atoms with Crippen molar-refractivity contribution in [3.63, 3.8) is 0 Å². The maximum Gasteiger partial charge on any atom is 0.257 e. The van der Waals surface area contributed by atoms with E-state index in [4.69, 9.17) is 0 Å². The first-order valence-electron chi connectivity index (χ1n) is 6.74. The summed E-state index contributed by atoms with van der Waals surface area (Å²) in [5, 5.41) is 2.22. The highest BCUT2D eigenvalue weighted by Gasteiger charge is 2.16. The van der Waals surface area contributed by atoms with Crippen LogP contribution in [0.2, 0.25) is 0 Å².